The molecule has 18 heavy (non-hydrogen) atoms. The zero-order valence-corrected chi connectivity index (χ0v) is 12.8. The van der Waals surface area contributed by atoms with Crippen LogP contribution >= 0.6 is 21.6 Å². The molecular formula is C13H19NO2S2. The van der Waals surface area contributed by atoms with Crippen molar-refractivity contribution in [3.63, 3.8) is 0 Å². The van der Waals surface area contributed by atoms with E-state index in [0.29, 0.717) is 6.42 Å². The Balaban J connectivity index is 2.61. The molecule has 1 rings (SSSR count). The van der Waals surface area contributed by atoms with Gasteiger partial charge in [-0.25, -0.2) is 0 Å². The van der Waals surface area contributed by atoms with E-state index in [1.165, 1.54) is 12.0 Å². The summed E-state index contributed by atoms with van der Waals surface area (Å²) in [6.07, 6.45) is 0.406. The summed E-state index contributed by atoms with van der Waals surface area (Å²) in [7, 11) is 6.69. The molecule has 0 spiro atoms. The van der Waals surface area contributed by atoms with Gasteiger partial charge in [-0.3, -0.25) is 4.79 Å². The van der Waals surface area contributed by atoms with Crippen LogP contribution in [-0.4, -0.2) is 24.9 Å². The van der Waals surface area contributed by atoms with Crippen LogP contribution in [0, 0.1) is 0 Å². The van der Waals surface area contributed by atoms with Gasteiger partial charge in [0.15, 0.2) is 0 Å². The fraction of sp³-hybridized carbons (Fsp3) is 0.462. The second-order valence-corrected chi connectivity index (χ2v) is 7.30. The predicted molar refractivity (Wildman–Crippen MR) is 80.1 cm³/mol. The van der Waals surface area contributed by atoms with Crippen molar-refractivity contribution in [3.05, 3.63) is 24.3 Å². The Kier molecular flexibility index (Phi) is 5.88. The molecule has 5 heteroatoms. The molecule has 1 aromatic carbocycles. The van der Waals surface area contributed by atoms with Crippen LogP contribution in [0.1, 0.15) is 20.3 Å². The maximum atomic E-state index is 11.3. The fourth-order valence-electron chi connectivity index (χ4n) is 1.35. The highest BCUT2D eigenvalue weighted by Gasteiger charge is 2.24. The van der Waals surface area contributed by atoms with E-state index in [1.54, 1.807) is 21.6 Å². The Bertz CT molecular complexity index is 408. The van der Waals surface area contributed by atoms with Crippen molar-refractivity contribution in [1.82, 2.24) is 0 Å². The van der Waals surface area contributed by atoms with E-state index in [2.05, 4.69) is 11.4 Å². The van der Waals surface area contributed by atoms with Crippen molar-refractivity contribution >= 4 is 33.2 Å². The quantitative estimate of drug-likeness (QED) is 0.635. The lowest BCUT2D eigenvalue weighted by molar-refractivity contribution is -0.141. The summed E-state index contributed by atoms with van der Waals surface area (Å²) >= 11 is 0. The van der Waals surface area contributed by atoms with Crippen molar-refractivity contribution in [3.8, 4) is 0 Å². The summed E-state index contributed by atoms with van der Waals surface area (Å²) in [6.45, 7) is 4.09. The number of carbonyl (C=O) groups excluding carboxylic acids is 1. The van der Waals surface area contributed by atoms with E-state index in [9.17, 15) is 4.79 Å². The molecule has 0 bridgehead atoms. The van der Waals surface area contributed by atoms with Crippen LogP contribution in [0.4, 0.5) is 5.69 Å². The number of nitrogens with one attached hydrogen (secondary N) is 1. The molecule has 0 unspecified atom stereocenters. The lowest BCUT2D eigenvalue weighted by Crippen LogP contribution is -2.19. The van der Waals surface area contributed by atoms with Crippen LogP contribution in [0.3, 0.4) is 0 Å². The lowest BCUT2D eigenvalue weighted by Gasteiger charge is -2.22. The first-order chi connectivity index (χ1) is 8.48. The van der Waals surface area contributed by atoms with Gasteiger partial charge in [-0.15, -0.1) is 0 Å². The smallest absolute Gasteiger partial charge is 0.306 e. The maximum absolute atomic E-state index is 11.3. The first kappa shape index (κ1) is 15.2. The molecule has 0 heterocycles. The fourth-order valence-corrected chi connectivity index (χ4v) is 3.80. The first-order valence-corrected chi connectivity index (χ1v) is 7.83. The first-order valence-electron chi connectivity index (χ1n) is 5.68. The van der Waals surface area contributed by atoms with E-state index in [0.717, 1.165) is 5.69 Å². The Morgan fingerprint density at radius 2 is 2.06 bits per heavy atom. The molecule has 100 valence electrons. The van der Waals surface area contributed by atoms with Crippen LogP contribution < -0.4 is 5.32 Å². The minimum absolute atomic E-state index is 0.154. The molecule has 3 nitrogen and oxygen atoms in total. The number of para-hydroxylation sites is 1. The number of methoxy groups -OCH3 is 1. The predicted octanol–water partition coefficient (Wildman–Crippen LogP) is 3.81. The van der Waals surface area contributed by atoms with Crippen LogP contribution in [0.5, 0.6) is 0 Å². The molecule has 0 aliphatic rings. The third-order valence-electron chi connectivity index (χ3n) is 2.31. The van der Waals surface area contributed by atoms with Crippen molar-refractivity contribution in [2.45, 2.75) is 29.9 Å². The lowest BCUT2D eigenvalue weighted by atomic mass is 10.1. The normalized spacial score (nSPS) is 11.1. The Hall–Kier alpha value is -0.810. The molecule has 1 aromatic rings. The number of benzene rings is 1. The van der Waals surface area contributed by atoms with Gasteiger partial charge in [0.1, 0.15) is 0 Å². The molecule has 0 radical (unpaired) electrons. The van der Waals surface area contributed by atoms with E-state index in [1.807, 2.05) is 39.1 Å². The standard InChI is InChI=1S/C13H19NO2S2/c1-13(2,9-12(15)16-4)18-17-11-8-6-5-7-10(11)14-3/h5-8,14H,9H2,1-4H3. The Labute approximate surface area is 116 Å². The van der Waals surface area contributed by atoms with Crippen LogP contribution in [0.25, 0.3) is 0 Å². The molecule has 0 fully saturated rings. The SMILES string of the molecule is CNc1ccccc1SSC(C)(C)CC(=O)OC. The molecule has 0 aromatic heterocycles. The monoisotopic (exact) mass is 285 g/mol. The summed E-state index contributed by atoms with van der Waals surface area (Å²) in [5.41, 5.74) is 1.10. The van der Waals surface area contributed by atoms with Gasteiger partial charge in [0, 0.05) is 22.4 Å². The highest BCUT2D eigenvalue weighted by atomic mass is 33.1. The highest BCUT2D eigenvalue weighted by Crippen LogP contribution is 2.44. The van der Waals surface area contributed by atoms with Gasteiger partial charge in [0.2, 0.25) is 0 Å². The van der Waals surface area contributed by atoms with E-state index < -0.39 is 0 Å². The second kappa shape index (κ2) is 6.95. The van der Waals surface area contributed by atoms with Crippen LogP contribution in [-0.2, 0) is 9.53 Å². The van der Waals surface area contributed by atoms with Crippen LogP contribution in [0.15, 0.2) is 29.2 Å². The molecule has 0 saturated carbocycles. The van der Waals surface area contributed by atoms with Crippen molar-refractivity contribution in [1.29, 1.82) is 0 Å². The Morgan fingerprint density at radius 1 is 1.39 bits per heavy atom. The van der Waals surface area contributed by atoms with Crippen molar-refractivity contribution in [2.24, 2.45) is 0 Å². The molecule has 0 amide bonds. The summed E-state index contributed by atoms with van der Waals surface area (Å²) in [4.78, 5) is 12.5. The zero-order valence-electron chi connectivity index (χ0n) is 11.1. The third-order valence-corrected chi connectivity index (χ3v) is 5.67. The van der Waals surface area contributed by atoms with Gasteiger partial charge in [-0.05, 0) is 26.0 Å². The summed E-state index contributed by atoms with van der Waals surface area (Å²) in [6, 6.07) is 8.12. The highest BCUT2D eigenvalue weighted by molar-refractivity contribution is 8.77. The summed E-state index contributed by atoms with van der Waals surface area (Å²) in [5, 5.41) is 3.16. The van der Waals surface area contributed by atoms with Crippen molar-refractivity contribution in [2.75, 3.05) is 19.5 Å². The Morgan fingerprint density at radius 3 is 2.67 bits per heavy atom. The number of carbonyl (C=O) groups is 1. The van der Waals surface area contributed by atoms with Gasteiger partial charge < -0.3 is 10.1 Å². The topological polar surface area (TPSA) is 38.3 Å². The van der Waals surface area contributed by atoms with E-state index in [-0.39, 0.29) is 10.7 Å². The van der Waals surface area contributed by atoms with Gasteiger partial charge in [-0.2, -0.15) is 0 Å². The van der Waals surface area contributed by atoms with Crippen molar-refractivity contribution < 1.29 is 9.53 Å². The van der Waals surface area contributed by atoms with Gasteiger partial charge in [0.25, 0.3) is 0 Å². The average Bonchev–Trinajstić information content (AvgIpc) is 2.36. The number of hydrogen-bond donors (Lipinski definition) is 1. The van der Waals surface area contributed by atoms with Gasteiger partial charge in [-0.1, -0.05) is 33.7 Å². The van der Waals surface area contributed by atoms with E-state index in [4.69, 9.17) is 4.74 Å². The maximum Gasteiger partial charge on any atom is 0.306 e. The number of hydrogen-bond acceptors (Lipinski definition) is 5. The van der Waals surface area contributed by atoms with Gasteiger partial charge >= 0.3 is 5.97 Å². The molecule has 0 saturated heterocycles. The minimum Gasteiger partial charge on any atom is -0.469 e. The van der Waals surface area contributed by atoms with Gasteiger partial charge in [0.05, 0.1) is 13.5 Å². The molecule has 0 aliphatic heterocycles. The number of ether oxygens (including phenoxy) is 1. The van der Waals surface area contributed by atoms with Crippen LogP contribution in [0.2, 0.25) is 0 Å². The number of rotatable bonds is 6. The molecule has 0 atom stereocenters. The van der Waals surface area contributed by atoms with E-state index >= 15 is 0 Å². The summed E-state index contributed by atoms with van der Waals surface area (Å²) in [5.74, 6) is -0.171. The zero-order chi connectivity index (χ0) is 13.6. The largest absolute Gasteiger partial charge is 0.469 e. The second-order valence-electron chi connectivity index (χ2n) is 4.43. The third kappa shape index (κ3) is 4.82. The number of esters is 1. The molecule has 0 aliphatic carbocycles. The minimum atomic E-state index is -0.171. The molecule has 1 N–H and O–H groups in total. The summed E-state index contributed by atoms with van der Waals surface area (Å²) < 4.78 is 4.55. The molecular weight excluding hydrogens is 266 g/mol. The average molecular weight is 285 g/mol. The number of anilines is 1.